The van der Waals surface area contributed by atoms with Crippen molar-refractivity contribution in [2.45, 2.75) is 0 Å². The highest BCUT2D eigenvalue weighted by atomic mass is 31.3. The summed E-state index contributed by atoms with van der Waals surface area (Å²) in [6.45, 7) is 2.59. The van der Waals surface area contributed by atoms with Crippen LogP contribution < -0.4 is 0 Å². The first-order valence-electron chi connectivity index (χ1n) is 1.85. The molecule has 0 aromatic rings. The summed E-state index contributed by atoms with van der Waals surface area (Å²) in [6.07, 6.45) is 0. The molecule has 0 spiro atoms. The van der Waals surface area contributed by atoms with Gasteiger partial charge in [0.25, 0.3) is 0 Å². The second-order valence-electron chi connectivity index (χ2n) is 1.20. The van der Waals surface area contributed by atoms with Crippen LogP contribution in [0, 0.1) is 0 Å². The minimum Gasteiger partial charge on any atom is -0.306 e. The molecule has 0 saturated heterocycles. The van der Waals surface area contributed by atoms with E-state index in [1.807, 2.05) is 0 Å². The number of nitrogens with zero attached hydrogens (tertiary/aromatic N) is 1. The van der Waals surface area contributed by atoms with Crippen molar-refractivity contribution in [2.24, 2.45) is 4.76 Å². The molecule has 0 amide bonds. The van der Waals surface area contributed by atoms with Crippen LogP contribution in [0.1, 0.15) is 0 Å². The van der Waals surface area contributed by atoms with E-state index in [1.54, 1.807) is 0 Å². The zero-order valence-corrected chi connectivity index (χ0v) is 6.40. The lowest BCUT2D eigenvalue weighted by Gasteiger charge is -2.05. The topological polar surface area (TPSA) is 116 Å². The van der Waals surface area contributed by atoms with E-state index in [1.165, 1.54) is 0 Å². The second kappa shape index (κ2) is 2.92. The molecule has 1 atom stereocenters. The summed E-state index contributed by atoms with van der Waals surface area (Å²) in [5, 5.41) is 0. The van der Waals surface area contributed by atoms with E-state index < -0.39 is 15.6 Å². The molecule has 7 nitrogen and oxygen atoms in total. The van der Waals surface area contributed by atoms with Gasteiger partial charge in [-0.25, -0.2) is 9.13 Å². The third-order valence-corrected chi connectivity index (χ3v) is 2.45. The van der Waals surface area contributed by atoms with Crippen molar-refractivity contribution in [1.29, 1.82) is 0 Å². The molecule has 3 N–H and O–H groups in total. The van der Waals surface area contributed by atoms with Gasteiger partial charge >= 0.3 is 15.6 Å². The quantitative estimate of drug-likeness (QED) is 0.421. The van der Waals surface area contributed by atoms with Gasteiger partial charge in [-0.05, 0) is 6.72 Å². The minimum atomic E-state index is -4.95. The van der Waals surface area contributed by atoms with Gasteiger partial charge in [-0.15, -0.1) is 0 Å². The largest absolute Gasteiger partial charge is 0.478 e. The van der Waals surface area contributed by atoms with Crippen LogP contribution in [-0.4, -0.2) is 21.4 Å². The first-order chi connectivity index (χ1) is 4.27. The Hall–Kier alpha value is -0.0300. The maximum atomic E-state index is 10.2. The molecule has 0 bridgehead atoms. The number of hydrogen-bond donors (Lipinski definition) is 3. The third-order valence-electron chi connectivity index (χ3n) is 0.391. The molecule has 9 heteroatoms. The molecule has 0 saturated carbocycles. The molecular formula is CH5NO6P2. The predicted octanol–water partition coefficient (Wildman–Crippen LogP) is -0.103. The Labute approximate surface area is 56.2 Å². The molecule has 10 heavy (non-hydrogen) atoms. The molecule has 0 aliphatic carbocycles. The van der Waals surface area contributed by atoms with Crippen molar-refractivity contribution in [1.82, 2.24) is 0 Å². The van der Waals surface area contributed by atoms with Crippen LogP contribution in [0.4, 0.5) is 0 Å². The smallest absolute Gasteiger partial charge is 0.306 e. The van der Waals surface area contributed by atoms with E-state index in [2.05, 4.69) is 15.8 Å². The van der Waals surface area contributed by atoms with Crippen molar-refractivity contribution < 1.29 is 28.1 Å². The van der Waals surface area contributed by atoms with Gasteiger partial charge in [-0.2, -0.15) is 9.07 Å². The summed E-state index contributed by atoms with van der Waals surface area (Å²) < 4.78 is 25.8. The predicted molar refractivity (Wildman–Crippen MR) is 32.5 cm³/mol. The van der Waals surface area contributed by atoms with E-state index in [0.29, 0.717) is 0 Å². The summed E-state index contributed by atoms with van der Waals surface area (Å²) in [6, 6.07) is 0. The van der Waals surface area contributed by atoms with Crippen LogP contribution in [0.2, 0.25) is 0 Å². The number of rotatable bonds is 3. The van der Waals surface area contributed by atoms with Gasteiger partial charge in [0.15, 0.2) is 0 Å². The molecule has 0 radical (unpaired) electrons. The van der Waals surface area contributed by atoms with Gasteiger partial charge in [0, 0.05) is 0 Å². The van der Waals surface area contributed by atoms with E-state index in [-0.39, 0.29) is 0 Å². The average molecular weight is 189 g/mol. The van der Waals surface area contributed by atoms with Crippen LogP contribution in [0.25, 0.3) is 0 Å². The van der Waals surface area contributed by atoms with E-state index >= 15 is 0 Å². The summed E-state index contributed by atoms with van der Waals surface area (Å²) in [4.78, 5) is 24.2. The van der Waals surface area contributed by atoms with Crippen molar-refractivity contribution in [3.63, 3.8) is 0 Å². The fourth-order valence-electron chi connectivity index (χ4n) is 0.164. The van der Waals surface area contributed by atoms with Gasteiger partial charge in [-0.1, -0.05) is 0 Å². The number of phosphoric acid groups is 1. The highest BCUT2D eigenvalue weighted by Gasteiger charge is 2.28. The molecule has 0 aromatic heterocycles. The molecule has 0 aliphatic rings. The Morgan fingerprint density at radius 2 is 1.70 bits per heavy atom. The number of hydrogen-bond acceptors (Lipinski definition) is 3. The van der Waals surface area contributed by atoms with Crippen LogP contribution in [0.5, 0.6) is 0 Å². The van der Waals surface area contributed by atoms with Crippen LogP contribution in [-0.2, 0) is 13.4 Å². The zero-order chi connectivity index (χ0) is 8.41. The summed E-state index contributed by atoms with van der Waals surface area (Å²) >= 11 is 0. The third kappa shape index (κ3) is 4.81. The van der Waals surface area contributed by atoms with Crippen molar-refractivity contribution >= 4 is 22.3 Å². The monoisotopic (exact) mass is 189 g/mol. The summed E-state index contributed by atoms with van der Waals surface area (Å²) in [5.74, 6) is 0. The average Bonchev–Trinajstić information content (AvgIpc) is 1.60. The lowest BCUT2D eigenvalue weighted by molar-refractivity contribution is 0.264. The van der Waals surface area contributed by atoms with Crippen molar-refractivity contribution in [3.8, 4) is 0 Å². The fraction of sp³-hybridized carbons (Fsp3) is 0. The molecule has 0 fully saturated rings. The second-order valence-corrected chi connectivity index (χ2v) is 4.10. The highest BCUT2D eigenvalue weighted by Crippen LogP contribution is 2.57. The van der Waals surface area contributed by atoms with Crippen LogP contribution in [0.3, 0.4) is 0 Å². The molecule has 0 aromatic carbocycles. The Morgan fingerprint density at radius 1 is 1.30 bits per heavy atom. The summed E-state index contributed by atoms with van der Waals surface area (Å²) in [7, 11) is -9.49. The van der Waals surface area contributed by atoms with Gasteiger partial charge in [0.1, 0.15) is 0 Å². The Bertz CT molecular complexity index is 216. The molecule has 0 rings (SSSR count). The lowest BCUT2D eigenvalue weighted by atomic mass is 11.8. The lowest BCUT2D eigenvalue weighted by Crippen LogP contribution is -1.83. The van der Waals surface area contributed by atoms with Crippen LogP contribution in [0.15, 0.2) is 4.76 Å². The van der Waals surface area contributed by atoms with Crippen LogP contribution >= 0.6 is 15.6 Å². The standard InChI is InChI=1S/CH5NO6P2/c1-2-9(3,4)8-10(5,6)7/h1H2,(H,3,4)(H2,5,6,7). The molecule has 0 heterocycles. The first-order valence-corrected chi connectivity index (χ1v) is 4.91. The van der Waals surface area contributed by atoms with Gasteiger partial charge in [0.05, 0.1) is 0 Å². The van der Waals surface area contributed by atoms with E-state index in [0.717, 1.165) is 0 Å². The van der Waals surface area contributed by atoms with E-state index in [4.69, 9.17) is 14.7 Å². The maximum absolute atomic E-state index is 10.2. The Balaban J connectivity index is 4.31. The Kier molecular flexibility index (Phi) is 2.91. The van der Waals surface area contributed by atoms with Gasteiger partial charge in [0.2, 0.25) is 0 Å². The highest BCUT2D eigenvalue weighted by molar-refractivity contribution is 7.62. The minimum absolute atomic E-state index is 2.45. The molecule has 60 valence electrons. The van der Waals surface area contributed by atoms with Crippen molar-refractivity contribution in [3.05, 3.63) is 0 Å². The van der Waals surface area contributed by atoms with Gasteiger partial charge < -0.3 is 14.7 Å². The zero-order valence-electron chi connectivity index (χ0n) is 4.62. The molecule has 1 unspecified atom stereocenters. The fourth-order valence-corrected chi connectivity index (χ4v) is 1.48. The molecular weight excluding hydrogens is 184 g/mol. The normalized spacial score (nSPS) is 17.9. The van der Waals surface area contributed by atoms with E-state index in [9.17, 15) is 9.13 Å². The van der Waals surface area contributed by atoms with Gasteiger partial charge in [-0.3, -0.25) is 0 Å². The van der Waals surface area contributed by atoms with Crippen molar-refractivity contribution in [2.75, 3.05) is 0 Å². The molecule has 0 aliphatic heterocycles. The summed E-state index contributed by atoms with van der Waals surface area (Å²) in [5.41, 5.74) is 0. The maximum Gasteiger partial charge on any atom is 0.478 e. The first kappa shape index (κ1) is 9.97. The SMILES string of the molecule is C=NP(=O)(O)OP(=O)(O)O. The Morgan fingerprint density at radius 3 is 1.80 bits per heavy atom.